The number of aryl methyl sites for hydroxylation is 2. The molecular formula is C22H26N4O. The number of nitrogens with one attached hydrogen (secondary N) is 2. The highest BCUT2D eigenvalue weighted by Gasteiger charge is 2.22. The summed E-state index contributed by atoms with van der Waals surface area (Å²) in [5, 5.41) is 9.44. The monoisotopic (exact) mass is 362 g/mol. The average Bonchev–Trinajstić information content (AvgIpc) is 3.46. The summed E-state index contributed by atoms with van der Waals surface area (Å²) in [5.74, 6) is 0.900. The smallest absolute Gasteiger partial charge is 0.253 e. The van der Waals surface area contributed by atoms with Crippen LogP contribution in [-0.2, 0) is 26.4 Å². The van der Waals surface area contributed by atoms with Gasteiger partial charge in [-0.05, 0) is 62.1 Å². The Balaban J connectivity index is 1.51. The van der Waals surface area contributed by atoms with E-state index >= 15 is 0 Å². The quantitative estimate of drug-likeness (QED) is 0.732. The molecular weight excluding hydrogens is 336 g/mol. The van der Waals surface area contributed by atoms with Crippen molar-refractivity contribution in [3.05, 3.63) is 51.3 Å². The van der Waals surface area contributed by atoms with Crippen LogP contribution in [0.2, 0.25) is 0 Å². The minimum Gasteiger partial charge on any atom is -0.312 e. The topological polar surface area (TPSA) is 62.7 Å². The molecule has 2 N–H and O–H groups in total. The number of benzene rings is 1. The molecule has 0 bridgehead atoms. The van der Waals surface area contributed by atoms with Crippen molar-refractivity contribution in [1.29, 1.82) is 0 Å². The van der Waals surface area contributed by atoms with E-state index in [2.05, 4.69) is 34.6 Å². The number of fused-ring (bicyclic) bond motifs is 3. The van der Waals surface area contributed by atoms with E-state index in [1.165, 1.54) is 24.0 Å². The van der Waals surface area contributed by atoms with Crippen molar-refractivity contribution in [1.82, 2.24) is 20.1 Å². The fraction of sp³-hybridized carbons (Fsp3) is 0.455. The molecule has 5 heteroatoms. The van der Waals surface area contributed by atoms with Gasteiger partial charge >= 0.3 is 0 Å². The normalized spacial score (nSPS) is 16.6. The Morgan fingerprint density at radius 2 is 1.89 bits per heavy atom. The van der Waals surface area contributed by atoms with Crippen molar-refractivity contribution in [3.8, 4) is 11.3 Å². The SMILES string of the molecule is Cn1nc(-c2ccc(CNCC3CC3)cc2)c2c3c(c(=O)[nH]c21)CCCC3. The minimum absolute atomic E-state index is 0.0591. The second-order valence-electron chi connectivity index (χ2n) is 8.09. The second-order valence-corrected chi connectivity index (χ2v) is 8.09. The third-order valence-electron chi connectivity index (χ3n) is 6.01. The highest BCUT2D eigenvalue weighted by Crippen LogP contribution is 2.33. The molecule has 0 aliphatic heterocycles. The van der Waals surface area contributed by atoms with E-state index in [4.69, 9.17) is 5.10 Å². The van der Waals surface area contributed by atoms with Gasteiger partial charge < -0.3 is 10.3 Å². The number of H-pyrrole nitrogens is 1. The van der Waals surface area contributed by atoms with Crippen LogP contribution in [0.5, 0.6) is 0 Å². The Bertz CT molecular complexity index is 1040. The van der Waals surface area contributed by atoms with Crippen LogP contribution in [0, 0.1) is 5.92 Å². The number of hydrogen-bond donors (Lipinski definition) is 2. The van der Waals surface area contributed by atoms with Crippen LogP contribution in [0.3, 0.4) is 0 Å². The Labute approximate surface area is 158 Å². The predicted molar refractivity (Wildman–Crippen MR) is 108 cm³/mol. The summed E-state index contributed by atoms with van der Waals surface area (Å²) < 4.78 is 1.81. The molecule has 5 nitrogen and oxygen atoms in total. The summed E-state index contributed by atoms with van der Waals surface area (Å²) in [5.41, 5.74) is 6.47. The number of nitrogens with zero attached hydrogens (tertiary/aromatic N) is 2. The predicted octanol–water partition coefficient (Wildman–Crippen LogP) is 3.31. The van der Waals surface area contributed by atoms with E-state index in [1.54, 1.807) is 0 Å². The van der Waals surface area contributed by atoms with E-state index in [1.807, 2.05) is 11.7 Å². The zero-order chi connectivity index (χ0) is 18.4. The first-order valence-electron chi connectivity index (χ1n) is 10.1. The molecule has 1 fully saturated rings. The van der Waals surface area contributed by atoms with Crippen molar-refractivity contribution >= 4 is 11.0 Å². The lowest BCUT2D eigenvalue weighted by molar-refractivity contribution is 0.639. The third-order valence-corrected chi connectivity index (χ3v) is 6.01. The maximum atomic E-state index is 12.5. The lowest BCUT2D eigenvalue weighted by atomic mass is 9.89. The van der Waals surface area contributed by atoms with Gasteiger partial charge in [0.2, 0.25) is 0 Å². The van der Waals surface area contributed by atoms with E-state index in [0.29, 0.717) is 0 Å². The fourth-order valence-corrected chi connectivity index (χ4v) is 4.29. The van der Waals surface area contributed by atoms with Gasteiger partial charge in [0.25, 0.3) is 5.56 Å². The largest absolute Gasteiger partial charge is 0.312 e. The fourth-order valence-electron chi connectivity index (χ4n) is 4.29. The Morgan fingerprint density at radius 3 is 2.63 bits per heavy atom. The van der Waals surface area contributed by atoms with Crippen LogP contribution in [0.15, 0.2) is 29.1 Å². The lowest BCUT2D eigenvalue weighted by Crippen LogP contribution is -2.19. The number of hydrogen-bond acceptors (Lipinski definition) is 3. The molecule has 1 saturated carbocycles. The van der Waals surface area contributed by atoms with Gasteiger partial charge in [0.15, 0.2) is 0 Å². The van der Waals surface area contributed by atoms with Gasteiger partial charge in [-0.1, -0.05) is 24.3 Å². The van der Waals surface area contributed by atoms with Crippen molar-refractivity contribution in [3.63, 3.8) is 0 Å². The molecule has 2 aliphatic carbocycles. The van der Waals surface area contributed by atoms with Crippen LogP contribution in [-0.4, -0.2) is 21.3 Å². The van der Waals surface area contributed by atoms with Gasteiger partial charge in [0.1, 0.15) is 11.3 Å². The molecule has 0 amide bonds. The first kappa shape index (κ1) is 16.8. The van der Waals surface area contributed by atoms with Gasteiger partial charge in [0, 0.05) is 30.1 Å². The van der Waals surface area contributed by atoms with Gasteiger partial charge in [0.05, 0.1) is 0 Å². The Morgan fingerprint density at radius 1 is 1.15 bits per heavy atom. The summed E-state index contributed by atoms with van der Waals surface area (Å²) in [6, 6.07) is 8.70. The lowest BCUT2D eigenvalue weighted by Gasteiger charge is -2.16. The highest BCUT2D eigenvalue weighted by molar-refractivity contribution is 5.94. The van der Waals surface area contributed by atoms with Crippen molar-refractivity contribution < 1.29 is 0 Å². The number of pyridine rings is 1. The Hall–Kier alpha value is -2.40. The molecule has 2 heterocycles. The van der Waals surface area contributed by atoms with Crippen LogP contribution in [0.25, 0.3) is 22.3 Å². The van der Waals surface area contributed by atoms with E-state index in [9.17, 15) is 4.79 Å². The highest BCUT2D eigenvalue weighted by atomic mass is 16.1. The zero-order valence-corrected chi connectivity index (χ0v) is 15.8. The molecule has 5 rings (SSSR count). The molecule has 3 aromatic rings. The standard InChI is InChI=1S/C22H26N4O/c1-26-21-19(17-4-2-3-5-18(17)22(27)24-21)20(25-26)16-10-8-15(9-11-16)13-23-12-14-6-7-14/h8-11,14,23H,2-7,12-13H2,1H3,(H,24,27). The Kier molecular flexibility index (Phi) is 4.12. The van der Waals surface area contributed by atoms with E-state index in [-0.39, 0.29) is 5.56 Å². The maximum Gasteiger partial charge on any atom is 0.253 e. The molecule has 140 valence electrons. The molecule has 0 saturated heterocycles. The number of aromatic amines is 1. The molecule has 0 atom stereocenters. The van der Waals surface area contributed by atoms with Crippen molar-refractivity contribution in [2.75, 3.05) is 6.54 Å². The van der Waals surface area contributed by atoms with Gasteiger partial charge in [-0.3, -0.25) is 9.48 Å². The summed E-state index contributed by atoms with van der Waals surface area (Å²) in [6.07, 6.45) is 6.85. The van der Waals surface area contributed by atoms with Gasteiger partial charge in [-0.2, -0.15) is 5.10 Å². The number of aromatic nitrogens is 3. The van der Waals surface area contributed by atoms with Gasteiger partial charge in [-0.25, -0.2) is 0 Å². The zero-order valence-electron chi connectivity index (χ0n) is 15.8. The molecule has 2 aromatic heterocycles. The molecule has 0 radical (unpaired) electrons. The average molecular weight is 362 g/mol. The first-order valence-corrected chi connectivity index (χ1v) is 10.1. The molecule has 27 heavy (non-hydrogen) atoms. The maximum absolute atomic E-state index is 12.5. The van der Waals surface area contributed by atoms with Crippen molar-refractivity contribution in [2.45, 2.75) is 45.1 Å². The summed E-state index contributed by atoms with van der Waals surface area (Å²) in [6.45, 7) is 2.05. The van der Waals surface area contributed by atoms with E-state index < -0.39 is 0 Å². The van der Waals surface area contributed by atoms with Crippen LogP contribution in [0.1, 0.15) is 42.4 Å². The minimum atomic E-state index is 0.0591. The second kappa shape index (κ2) is 6.64. The third kappa shape index (κ3) is 3.10. The molecule has 2 aliphatic rings. The van der Waals surface area contributed by atoms with E-state index in [0.717, 1.165) is 72.5 Å². The summed E-state index contributed by atoms with van der Waals surface area (Å²) in [7, 11) is 1.91. The summed E-state index contributed by atoms with van der Waals surface area (Å²) >= 11 is 0. The van der Waals surface area contributed by atoms with Crippen LogP contribution < -0.4 is 10.9 Å². The molecule has 1 aromatic carbocycles. The van der Waals surface area contributed by atoms with Crippen LogP contribution >= 0.6 is 0 Å². The summed E-state index contributed by atoms with van der Waals surface area (Å²) in [4.78, 5) is 15.5. The van der Waals surface area contributed by atoms with Crippen molar-refractivity contribution in [2.24, 2.45) is 13.0 Å². The van der Waals surface area contributed by atoms with Crippen LogP contribution in [0.4, 0.5) is 0 Å². The number of rotatable bonds is 5. The molecule has 0 unspecified atom stereocenters. The molecule has 0 spiro atoms. The van der Waals surface area contributed by atoms with Gasteiger partial charge in [-0.15, -0.1) is 0 Å². The first-order chi connectivity index (χ1) is 13.2.